The highest BCUT2D eigenvalue weighted by Gasteiger charge is 2.30. The molecule has 6 heteroatoms. The first kappa shape index (κ1) is 10.6. The maximum atomic E-state index is 10.3. The zero-order valence-corrected chi connectivity index (χ0v) is 6.91. The minimum atomic E-state index is -1.69. The maximum Gasteiger partial charge on any atom is 0.151 e. The van der Waals surface area contributed by atoms with E-state index < -0.39 is 38.1 Å². The molecule has 0 saturated heterocycles. The summed E-state index contributed by atoms with van der Waals surface area (Å²) in [6.45, 7) is -0.745. The molecule has 0 saturated carbocycles. The third-order valence-electron chi connectivity index (χ3n) is 1.59. The number of methoxy groups -OCH3 is 1. The summed E-state index contributed by atoms with van der Waals surface area (Å²) in [6.07, 6.45) is -6.08. The lowest BCUT2D eigenvalue weighted by Crippen LogP contribution is -2.47. The second-order valence-corrected chi connectivity index (χ2v) is 2.50. The fraction of sp³-hybridized carbons (Fsp3) is 0.857. The van der Waals surface area contributed by atoms with Crippen LogP contribution in [0.25, 0.3) is 0 Å². The molecule has 78 valence electrons. The largest absolute Gasteiger partial charge is 0.394 e. The van der Waals surface area contributed by atoms with E-state index in [0.717, 1.165) is 0 Å². The number of carbonyl (C=O) groups excluding carboxylic acids is 1. The Bertz CT molecular complexity index is 166. The van der Waals surface area contributed by atoms with Crippen molar-refractivity contribution in [2.75, 3.05) is 13.7 Å². The molecule has 0 rings (SSSR count). The molecule has 0 aromatic heterocycles. The Balaban J connectivity index is 4.25. The summed E-state index contributed by atoms with van der Waals surface area (Å²) in [7, 11) is -0.553. The maximum absolute atomic E-state index is 10.3. The van der Waals surface area contributed by atoms with Crippen LogP contribution < -0.4 is 0 Å². The Morgan fingerprint density at radius 2 is 2.08 bits per heavy atom. The Hall–Kier alpha value is -0.530. The van der Waals surface area contributed by atoms with Crippen LogP contribution in [0.2, 0.25) is 0 Å². The predicted octanol–water partition coefficient (Wildman–Crippen LogP) is -2.72. The molecular formula is C7H14O6. The van der Waals surface area contributed by atoms with Gasteiger partial charge in [0.15, 0.2) is 6.29 Å². The smallest absolute Gasteiger partial charge is 0.151 e. The zero-order chi connectivity index (χ0) is 11.1. The average molecular weight is 195 g/mol. The molecule has 6 nitrogen and oxygen atoms in total. The van der Waals surface area contributed by atoms with Crippen LogP contribution in [-0.4, -0.2) is 64.8 Å². The van der Waals surface area contributed by atoms with Crippen LogP contribution in [0.3, 0.4) is 0 Å². The van der Waals surface area contributed by atoms with Gasteiger partial charge in [-0.15, -0.1) is 0 Å². The fourth-order valence-corrected chi connectivity index (χ4v) is 0.748. The molecule has 0 radical (unpaired) electrons. The molecule has 0 bridgehead atoms. The highest BCUT2D eigenvalue weighted by molar-refractivity contribution is 5.57. The summed E-state index contributed by atoms with van der Waals surface area (Å²) in [5.41, 5.74) is 0. The number of ether oxygens (including phenoxy) is 1. The molecule has 4 N–H and O–H groups in total. The zero-order valence-electron chi connectivity index (χ0n) is 7.91. The van der Waals surface area contributed by atoms with Crippen LogP contribution in [-0.2, 0) is 9.53 Å². The van der Waals surface area contributed by atoms with Gasteiger partial charge >= 0.3 is 0 Å². The van der Waals surface area contributed by atoms with E-state index in [4.69, 9.17) is 16.7 Å². The molecule has 4 atom stereocenters. The Morgan fingerprint density at radius 1 is 1.46 bits per heavy atom. The number of hydrogen-bond acceptors (Lipinski definition) is 6. The van der Waals surface area contributed by atoms with Crippen molar-refractivity contribution in [2.45, 2.75) is 24.4 Å². The van der Waals surface area contributed by atoms with Crippen molar-refractivity contribution in [1.29, 1.82) is 0 Å². The molecule has 0 amide bonds. The Kier molecular flexibility index (Phi) is 4.87. The minimum Gasteiger partial charge on any atom is -0.394 e. The van der Waals surface area contributed by atoms with E-state index in [1.807, 2.05) is 0 Å². The van der Waals surface area contributed by atoms with Crippen molar-refractivity contribution in [3.8, 4) is 0 Å². The van der Waals surface area contributed by atoms with Crippen molar-refractivity contribution in [3.63, 3.8) is 0 Å². The molecule has 13 heavy (non-hydrogen) atoms. The Morgan fingerprint density at radius 3 is 2.46 bits per heavy atom. The van der Waals surface area contributed by atoms with Crippen LogP contribution >= 0.6 is 0 Å². The second-order valence-electron chi connectivity index (χ2n) is 2.50. The predicted molar refractivity (Wildman–Crippen MR) is 42.0 cm³/mol. The van der Waals surface area contributed by atoms with Gasteiger partial charge in [-0.1, -0.05) is 0 Å². The summed E-state index contributed by atoms with van der Waals surface area (Å²) >= 11 is 0. The Labute approximate surface area is 76.8 Å². The molecule has 0 aliphatic heterocycles. The summed E-state index contributed by atoms with van der Waals surface area (Å²) in [4.78, 5) is 10.3. The lowest BCUT2D eigenvalue weighted by Gasteiger charge is -2.24. The van der Waals surface area contributed by atoms with Gasteiger partial charge in [0.25, 0.3) is 0 Å². The van der Waals surface area contributed by atoms with E-state index >= 15 is 0 Å². The highest BCUT2D eigenvalue weighted by Crippen LogP contribution is 2.05. The van der Waals surface area contributed by atoms with E-state index in [9.17, 15) is 9.90 Å². The number of rotatable bonds is 6. The number of hydrogen-bond donors (Lipinski definition) is 4. The van der Waals surface area contributed by atoms with Crippen LogP contribution in [0.5, 0.6) is 0 Å². The molecule has 0 aromatic carbocycles. The SMILES string of the molecule is [2H]CO[C@H](C=O)[C@@H](O)[C@H](O)[C@H](O)CO. The molecular weight excluding hydrogens is 180 g/mol. The van der Waals surface area contributed by atoms with E-state index in [2.05, 4.69) is 4.74 Å². The molecule has 0 heterocycles. The van der Waals surface area contributed by atoms with Crippen molar-refractivity contribution in [3.05, 3.63) is 0 Å². The van der Waals surface area contributed by atoms with Crippen molar-refractivity contribution in [1.82, 2.24) is 0 Å². The molecule has 0 spiro atoms. The molecule has 0 aromatic rings. The van der Waals surface area contributed by atoms with E-state index in [1.165, 1.54) is 0 Å². The molecule has 0 fully saturated rings. The lowest BCUT2D eigenvalue weighted by molar-refractivity contribution is -0.141. The van der Waals surface area contributed by atoms with Gasteiger partial charge in [0.1, 0.15) is 24.4 Å². The van der Waals surface area contributed by atoms with Crippen LogP contribution in [0.1, 0.15) is 1.37 Å². The van der Waals surface area contributed by atoms with Gasteiger partial charge in [-0.05, 0) is 0 Å². The first-order chi connectivity index (χ1) is 6.58. The summed E-state index contributed by atoms with van der Waals surface area (Å²) in [5, 5.41) is 35.8. The third kappa shape index (κ3) is 3.37. The van der Waals surface area contributed by atoms with E-state index in [1.54, 1.807) is 0 Å². The number of aliphatic hydroxyl groups is 4. The van der Waals surface area contributed by atoms with Gasteiger partial charge in [0.2, 0.25) is 0 Å². The lowest BCUT2D eigenvalue weighted by atomic mass is 10.0. The van der Waals surface area contributed by atoms with Crippen molar-refractivity contribution >= 4 is 6.29 Å². The third-order valence-corrected chi connectivity index (χ3v) is 1.59. The number of aliphatic hydroxyl groups excluding tert-OH is 4. The van der Waals surface area contributed by atoms with Crippen LogP contribution in [0, 0.1) is 0 Å². The topological polar surface area (TPSA) is 107 Å². The van der Waals surface area contributed by atoms with Crippen molar-refractivity contribution < 1.29 is 31.3 Å². The standard InChI is InChI=1S/C7H14O6/c1-13-5(3-9)7(12)6(11)4(10)2-8/h3-8,10-12H,2H2,1H3/t4-,5-,6-,7-/m1/s1/i1D. The van der Waals surface area contributed by atoms with Gasteiger partial charge in [-0.3, -0.25) is 0 Å². The monoisotopic (exact) mass is 195 g/mol. The second kappa shape index (κ2) is 6.01. The first-order valence-corrected chi connectivity index (χ1v) is 3.59. The van der Waals surface area contributed by atoms with Gasteiger partial charge < -0.3 is 30.0 Å². The summed E-state index contributed by atoms with van der Waals surface area (Å²) in [5.74, 6) is 0. The fourth-order valence-electron chi connectivity index (χ4n) is 0.748. The van der Waals surface area contributed by atoms with Gasteiger partial charge in [-0.2, -0.15) is 0 Å². The highest BCUT2D eigenvalue weighted by atomic mass is 16.5. The number of aldehydes is 1. The van der Waals surface area contributed by atoms with Gasteiger partial charge in [0.05, 0.1) is 7.98 Å². The van der Waals surface area contributed by atoms with Crippen molar-refractivity contribution in [2.24, 2.45) is 0 Å². The minimum absolute atomic E-state index is 0.215. The molecule has 0 unspecified atom stereocenters. The normalized spacial score (nSPS) is 21.4. The van der Waals surface area contributed by atoms with Gasteiger partial charge in [-0.25, -0.2) is 0 Å². The van der Waals surface area contributed by atoms with Crippen LogP contribution in [0.15, 0.2) is 0 Å². The quantitative estimate of drug-likeness (QED) is 0.343. The number of carbonyl (C=O) groups is 1. The first-order valence-electron chi connectivity index (χ1n) is 4.30. The van der Waals surface area contributed by atoms with E-state index in [0.29, 0.717) is 0 Å². The van der Waals surface area contributed by atoms with Crippen LogP contribution in [0.4, 0.5) is 0 Å². The molecule has 0 aliphatic carbocycles. The summed E-state index contributed by atoms with van der Waals surface area (Å²) in [6, 6.07) is 0. The summed E-state index contributed by atoms with van der Waals surface area (Å²) < 4.78 is 11.1. The average Bonchev–Trinajstić information content (AvgIpc) is 2.22. The van der Waals surface area contributed by atoms with Gasteiger partial charge in [0, 0.05) is 7.09 Å². The molecule has 0 aliphatic rings. The van der Waals surface area contributed by atoms with E-state index in [-0.39, 0.29) is 6.29 Å².